The molecule has 0 atom stereocenters. The minimum absolute atomic E-state index is 0.169. The van der Waals surface area contributed by atoms with E-state index in [0.29, 0.717) is 18.9 Å². The summed E-state index contributed by atoms with van der Waals surface area (Å²) in [4.78, 5) is 16.4. The Morgan fingerprint density at radius 3 is 3.05 bits per heavy atom. The molecule has 5 nitrogen and oxygen atoms in total. The van der Waals surface area contributed by atoms with Crippen molar-refractivity contribution in [2.45, 2.75) is 32.1 Å². The van der Waals surface area contributed by atoms with Crippen molar-refractivity contribution >= 4 is 11.6 Å². The van der Waals surface area contributed by atoms with Gasteiger partial charge in [0.25, 0.3) is 0 Å². The number of carbonyl (C=O) groups excluding carboxylic acids is 1. The van der Waals surface area contributed by atoms with Gasteiger partial charge in [0.1, 0.15) is 5.65 Å². The van der Waals surface area contributed by atoms with Crippen molar-refractivity contribution in [2.24, 2.45) is 5.92 Å². The topological polar surface area (TPSA) is 58.4 Å². The van der Waals surface area contributed by atoms with E-state index in [1.807, 2.05) is 35.0 Å². The number of imidazole rings is 1. The predicted molar refractivity (Wildman–Crippen MR) is 86.7 cm³/mol. The summed E-state index contributed by atoms with van der Waals surface area (Å²) in [5.74, 6) is 0.882. The molecule has 0 radical (unpaired) electrons. The Balaban J connectivity index is 1.37. The third-order valence-corrected chi connectivity index (χ3v) is 4.36. The first-order valence-electron chi connectivity index (χ1n) is 8.21. The zero-order valence-corrected chi connectivity index (χ0v) is 12.9. The van der Waals surface area contributed by atoms with Crippen molar-refractivity contribution in [1.29, 1.82) is 0 Å². The number of nitrogens with zero attached hydrogens (tertiary/aromatic N) is 2. The number of hydrogen-bond acceptors (Lipinski definition) is 3. The molecule has 0 saturated carbocycles. The average molecular weight is 300 g/mol. The van der Waals surface area contributed by atoms with Crippen LogP contribution in [0.25, 0.3) is 5.65 Å². The zero-order valence-electron chi connectivity index (χ0n) is 12.9. The summed E-state index contributed by atoms with van der Waals surface area (Å²) in [5, 5.41) is 6.37. The number of pyridine rings is 1. The fraction of sp³-hybridized carbons (Fsp3) is 0.529. The average Bonchev–Trinajstić information content (AvgIpc) is 2.96. The lowest BCUT2D eigenvalue weighted by Gasteiger charge is -2.22. The Kier molecular flexibility index (Phi) is 5.06. The lowest BCUT2D eigenvalue weighted by atomic mass is 9.93. The number of carbonyl (C=O) groups is 1. The van der Waals surface area contributed by atoms with Crippen LogP contribution in [0.3, 0.4) is 0 Å². The Hall–Kier alpha value is -1.88. The third kappa shape index (κ3) is 4.07. The Morgan fingerprint density at radius 2 is 2.23 bits per heavy atom. The van der Waals surface area contributed by atoms with Gasteiger partial charge >= 0.3 is 0 Å². The smallest absolute Gasteiger partial charge is 0.220 e. The lowest BCUT2D eigenvalue weighted by Crippen LogP contribution is -2.30. The van der Waals surface area contributed by atoms with Crippen LogP contribution in [0.1, 0.15) is 31.4 Å². The second kappa shape index (κ2) is 7.40. The normalized spacial score (nSPS) is 16.0. The Labute approximate surface area is 131 Å². The molecule has 0 aliphatic carbocycles. The molecule has 0 spiro atoms. The second-order valence-electron chi connectivity index (χ2n) is 6.03. The van der Waals surface area contributed by atoms with E-state index >= 15 is 0 Å². The zero-order chi connectivity index (χ0) is 15.2. The quantitative estimate of drug-likeness (QED) is 0.855. The van der Waals surface area contributed by atoms with Crippen molar-refractivity contribution in [2.75, 3.05) is 19.6 Å². The van der Waals surface area contributed by atoms with Gasteiger partial charge in [-0.15, -0.1) is 0 Å². The summed E-state index contributed by atoms with van der Waals surface area (Å²) >= 11 is 0. The summed E-state index contributed by atoms with van der Waals surface area (Å²) in [6.45, 7) is 2.86. The molecule has 1 fully saturated rings. The first-order valence-corrected chi connectivity index (χ1v) is 8.21. The monoisotopic (exact) mass is 300 g/mol. The van der Waals surface area contributed by atoms with Gasteiger partial charge in [0.15, 0.2) is 0 Å². The molecule has 2 aromatic rings. The lowest BCUT2D eigenvalue weighted by molar-refractivity contribution is -0.121. The first kappa shape index (κ1) is 15.0. The van der Waals surface area contributed by atoms with E-state index in [4.69, 9.17) is 0 Å². The van der Waals surface area contributed by atoms with Gasteiger partial charge in [-0.3, -0.25) is 4.79 Å². The van der Waals surface area contributed by atoms with E-state index in [1.165, 1.54) is 12.8 Å². The van der Waals surface area contributed by atoms with E-state index in [-0.39, 0.29) is 5.91 Å². The van der Waals surface area contributed by atoms with Gasteiger partial charge in [0, 0.05) is 31.8 Å². The molecule has 3 rings (SSSR count). The molecule has 3 heterocycles. The van der Waals surface area contributed by atoms with Crippen LogP contribution in [0.2, 0.25) is 0 Å². The van der Waals surface area contributed by atoms with Crippen LogP contribution in [-0.2, 0) is 11.2 Å². The minimum atomic E-state index is 0.169. The summed E-state index contributed by atoms with van der Waals surface area (Å²) in [6, 6.07) is 5.96. The number of fused-ring (bicyclic) bond motifs is 1. The van der Waals surface area contributed by atoms with Crippen molar-refractivity contribution in [3.8, 4) is 0 Å². The van der Waals surface area contributed by atoms with Crippen molar-refractivity contribution in [3.63, 3.8) is 0 Å². The van der Waals surface area contributed by atoms with Gasteiger partial charge in [-0.1, -0.05) is 6.07 Å². The van der Waals surface area contributed by atoms with Crippen molar-refractivity contribution in [3.05, 3.63) is 36.3 Å². The Morgan fingerprint density at radius 1 is 1.36 bits per heavy atom. The fourth-order valence-electron chi connectivity index (χ4n) is 3.03. The van der Waals surface area contributed by atoms with E-state index < -0.39 is 0 Å². The van der Waals surface area contributed by atoms with Gasteiger partial charge < -0.3 is 15.0 Å². The number of rotatable bonds is 6. The maximum absolute atomic E-state index is 11.9. The van der Waals surface area contributed by atoms with Gasteiger partial charge in [-0.05, 0) is 50.4 Å². The molecule has 1 amide bonds. The fourth-order valence-corrected chi connectivity index (χ4v) is 3.03. The van der Waals surface area contributed by atoms with E-state index in [9.17, 15) is 4.79 Å². The molecule has 2 aromatic heterocycles. The van der Waals surface area contributed by atoms with Crippen LogP contribution in [0.15, 0.2) is 30.6 Å². The highest BCUT2D eigenvalue weighted by Gasteiger charge is 2.14. The SMILES string of the molecule is O=C(CCC1CCNCC1)NCCc1cn2ccccc2n1. The maximum Gasteiger partial charge on any atom is 0.220 e. The summed E-state index contributed by atoms with van der Waals surface area (Å²) in [5.41, 5.74) is 1.97. The van der Waals surface area contributed by atoms with Crippen molar-refractivity contribution < 1.29 is 4.79 Å². The van der Waals surface area contributed by atoms with E-state index in [1.54, 1.807) is 0 Å². The maximum atomic E-state index is 11.9. The first-order chi connectivity index (χ1) is 10.8. The number of aromatic nitrogens is 2. The molecule has 2 N–H and O–H groups in total. The largest absolute Gasteiger partial charge is 0.356 e. The molecule has 22 heavy (non-hydrogen) atoms. The molecule has 0 bridgehead atoms. The standard InChI is InChI=1S/C17H24N4O/c22-17(5-4-14-6-9-18-10-7-14)19-11-8-15-13-21-12-2-1-3-16(21)20-15/h1-3,12-14,18H,4-11H2,(H,19,22). The summed E-state index contributed by atoms with van der Waals surface area (Å²) in [6.07, 6.45) is 8.86. The minimum Gasteiger partial charge on any atom is -0.356 e. The van der Waals surface area contributed by atoms with Crippen molar-refractivity contribution in [1.82, 2.24) is 20.0 Å². The second-order valence-corrected chi connectivity index (χ2v) is 6.03. The molecular weight excluding hydrogens is 276 g/mol. The molecule has 0 aromatic carbocycles. The van der Waals surface area contributed by atoms with Gasteiger partial charge in [0.2, 0.25) is 5.91 Å². The molecule has 5 heteroatoms. The van der Waals surface area contributed by atoms with Gasteiger partial charge in [0.05, 0.1) is 5.69 Å². The van der Waals surface area contributed by atoms with E-state index in [2.05, 4.69) is 15.6 Å². The number of nitrogens with one attached hydrogen (secondary N) is 2. The number of hydrogen-bond donors (Lipinski definition) is 2. The summed E-state index contributed by atoms with van der Waals surface area (Å²) < 4.78 is 2.01. The molecule has 1 aliphatic heterocycles. The van der Waals surface area contributed by atoms with Crippen LogP contribution >= 0.6 is 0 Å². The molecule has 118 valence electrons. The highest BCUT2D eigenvalue weighted by atomic mass is 16.1. The van der Waals surface area contributed by atoms with Crippen LogP contribution in [-0.4, -0.2) is 34.9 Å². The number of piperidine rings is 1. The van der Waals surface area contributed by atoms with Crippen LogP contribution in [0.5, 0.6) is 0 Å². The van der Waals surface area contributed by atoms with Gasteiger partial charge in [-0.25, -0.2) is 4.98 Å². The van der Waals surface area contributed by atoms with Crippen LogP contribution in [0, 0.1) is 5.92 Å². The third-order valence-electron chi connectivity index (χ3n) is 4.36. The molecular formula is C17H24N4O. The highest BCUT2D eigenvalue weighted by molar-refractivity contribution is 5.75. The molecule has 1 aliphatic rings. The molecule has 1 saturated heterocycles. The van der Waals surface area contributed by atoms with Gasteiger partial charge in [-0.2, -0.15) is 0 Å². The van der Waals surface area contributed by atoms with Crippen LogP contribution < -0.4 is 10.6 Å². The summed E-state index contributed by atoms with van der Waals surface area (Å²) in [7, 11) is 0. The van der Waals surface area contributed by atoms with E-state index in [0.717, 1.165) is 37.3 Å². The predicted octanol–water partition coefficient (Wildman–Crippen LogP) is 1.77. The Bertz CT molecular complexity index is 583. The van der Waals surface area contributed by atoms with Crippen LogP contribution in [0.4, 0.5) is 0 Å². The highest BCUT2D eigenvalue weighted by Crippen LogP contribution is 2.17. The number of amides is 1. The molecule has 0 unspecified atom stereocenters.